The van der Waals surface area contributed by atoms with Gasteiger partial charge in [0.05, 0.1) is 11.9 Å². The van der Waals surface area contributed by atoms with Gasteiger partial charge in [-0.3, -0.25) is 4.79 Å². The van der Waals surface area contributed by atoms with Crippen molar-refractivity contribution < 1.29 is 9.90 Å². The zero-order valence-corrected chi connectivity index (χ0v) is 6.03. The van der Waals surface area contributed by atoms with Gasteiger partial charge in [-0.25, -0.2) is 4.98 Å². The number of carbonyl (C=O) groups is 1. The first-order valence-electron chi connectivity index (χ1n) is 3.11. The van der Waals surface area contributed by atoms with Crippen LogP contribution >= 0.6 is 0 Å². The van der Waals surface area contributed by atoms with Crippen molar-refractivity contribution in [3.8, 4) is 5.88 Å². The second kappa shape index (κ2) is 3.01. The summed E-state index contributed by atoms with van der Waals surface area (Å²) in [4.78, 5) is 14.1. The van der Waals surface area contributed by atoms with Crippen molar-refractivity contribution in [2.45, 2.75) is 6.92 Å². The highest BCUT2D eigenvalue weighted by atomic mass is 16.3. The van der Waals surface area contributed by atoms with Crippen LogP contribution in [0.4, 0.5) is 5.69 Å². The molecule has 1 rings (SSSR count). The minimum absolute atomic E-state index is 0.0564. The maximum absolute atomic E-state index is 10.5. The van der Waals surface area contributed by atoms with E-state index in [0.29, 0.717) is 5.69 Å². The van der Waals surface area contributed by atoms with Crippen molar-refractivity contribution >= 4 is 11.6 Å². The van der Waals surface area contributed by atoms with E-state index in [1.165, 1.54) is 19.2 Å². The Morgan fingerprint density at radius 2 is 2.36 bits per heavy atom. The molecule has 0 spiro atoms. The minimum atomic E-state index is -0.155. The Morgan fingerprint density at radius 1 is 1.64 bits per heavy atom. The molecule has 11 heavy (non-hydrogen) atoms. The summed E-state index contributed by atoms with van der Waals surface area (Å²) >= 11 is 0. The molecule has 1 amide bonds. The Hall–Kier alpha value is -1.58. The van der Waals surface area contributed by atoms with E-state index in [1.54, 1.807) is 6.07 Å². The molecule has 1 aromatic heterocycles. The predicted molar refractivity (Wildman–Crippen MR) is 40.2 cm³/mol. The number of nitrogens with zero attached hydrogens (tertiary/aromatic N) is 1. The lowest BCUT2D eigenvalue weighted by molar-refractivity contribution is -0.114. The topological polar surface area (TPSA) is 62.2 Å². The summed E-state index contributed by atoms with van der Waals surface area (Å²) in [5, 5.41) is 11.3. The van der Waals surface area contributed by atoms with Crippen LogP contribution < -0.4 is 5.32 Å². The van der Waals surface area contributed by atoms with Gasteiger partial charge in [0.2, 0.25) is 11.8 Å². The van der Waals surface area contributed by atoms with Gasteiger partial charge in [-0.05, 0) is 6.07 Å². The molecule has 0 unspecified atom stereocenters. The van der Waals surface area contributed by atoms with Crippen LogP contribution in [0.1, 0.15) is 6.92 Å². The number of nitrogens with one attached hydrogen (secondary N) is 1. The van der Waals surface area contributed by atoms with Crippen molar-refractivity contribution in [3.63, 3.8) is 0 Å². The normalized spacial score (nSPS) is 9.18. The standard InChI is InChI=1S/C7H8N2O2/c1-5(10)9-6-2-3-7(11)8-4-6/h2-4H,1H3,(H,8,11)(H,9,10). The second-order valence-electron chi connectivity index (χ2n) is 2.09. The molecule has 0 atom stereocenters. The van der Waals surface area contributed by atoms with Gasteiger partial charge in [0.1, 0.15) is 0 Å². The molecular weight excluding hydrogens is 144 g/mol. The molecule has 0 fully saturated rings. The van der Waals surface area contributed by atoms with Crippen LogP contribution in [0.2, 0.25) is 0 Å². The third kappa shape index (κ3) is 2.25. The number of aromatic nitrogens is 1. The van der Waals surface area contributed by atoms with E-state index in [2.05, 4.69) is 10.3 Å². The first-order chi connectivity index (χ1) is 5.18. The van der Waals surface area contributed by atoms with Crippen molar-refractivity contribution in [3.05, 3.63) is 18.3 Å². The number of carbonyl (C=O) groups excluding carboxylic acids is 1. The van der Waals surface area contributed by atoms with Gasteiger partial charge in [0, 0.05) is 13.0 Å². The number of anilines is 1. The molecule has 0 aliphatic heterocycles. The quantitative estimate of drug-likeness (QED) is 0.624. The molecule has 0 radical (unpaired) electrons. The third-order valence-corrected chi connectivity index (χ3v) is 1.07. The molecule has 2 N–H and O–H groups in total. The highest BCUT2D eigenvalue weighted by molar-refractivity contribution is 5.88. The van der Waals surface area contributed by atoms with Gasteiger partial charge in [0.15, 0.2) is 0 Å². The molecular formula is C7H8N2O2. The predicted octanol–water partition coefficient (Wildman–Crippen LogP) is 0.746. The number of aromatic hydroxyl groups is 1. The van der Waals surface area contributed by atoms with Gasteiger partial charge in [-0.15, -0.1) is 0 Å². The highest BCUT2D eigenvalue weighted by Crippen LogP contribution is 2.08. The van der Waals surface area contributed by atoms with Gasteiger partial charge in [-0.2, -0.15) is 0 Å². The molecule has 0 aliphatic rings. The molecule has 58 valence electrons. The first kappa shape index (κ1) is 7.53. The molecule has 1 heterocycles. The summed E-state index contributed by atoms with van der Waals surface area (Å²) in [5.74, 6) is -0.211. The van der Waals surface area contributed by atoms with Crippen LogP contribution in [0, 0.1) is 0 Å². The van der Waals surface area contributed by atoms with Crippen LogP contribution in [-0.4, -0.2) is 16.0 Å². The Balaban J connectivity index is 2.74. The lowest BCUT2D eigenvalue weighted by atomic mass is 10.4. The van der Waals surface area contributed by atoms with Crippen molar-refractivity contribution in [2.24, 2.45) is 0 Å². The molecule has 0 aromatic carbocycles. The SMILES string of the molecule is CC(=O)Nc1ccc(O)nc1. The molecule has 4 heteroatoms. The monoisotopic (exact) mass is 152 g/mol. The fourth-order valence-electron chi connectivity index (χ4n) is 0.663. The fraction of sp³-hybridized carbons (Fsp3) is 0.143. The number of hydrogen-bond acceptors (Lipinski definition) is 3. The summed E-state index contributed by atoms with van der Waals surface area (Å²) in [6.45, 7) is 1.41. The smallest absolute Gasteiger partial charge is 0.221 e. The maximum Gasteiger partial charge on any atom is 0.221 e. The lowest BCUT2D eigenvalue weighted by Gasteiger charge is -1.99. The van der Waals surface area contributed by atoms with Gasteiger partial charge in [0.25, 0.3) is 0 Å². The van der Waals surface area contributed by atoms with E-state index in [1.807, 2.05) is 0 Å². The van der Waals surface area contributed by atoms with Crippen LogP contribution in [0.3, 0.4) is 0 Å². The number of rotatable bonds is 1. The maximum atomic E-state index is 10.5. The summed E-state index contributed by atoms with van der Waals surface area (Å²) in [6, 6.07) is 2.98. The number of hydrogen-bond donors (Lipinski definition) is 2. The van der Waals surface area contributed by atoms with Crippen molar-refractivity contribution in [1.82, 2.24) is 4.98 Å². The zero-order chi connectivity index (χ0) is 8.27. The van der Waals surface area contributed by atoms with Crippen molar-refractivity contribution in [1.29, 1.82) is 0 Å². The second-order valence-corrected chi connectivity index (χ2v) is 2.09. The van der Waals surface area contributed by atoms with E-state index in [0.717, 1.165) is 0 Å². The Kier molecular flexibility index (Phi) is 2.06. The minimum Gasteiger partial charge on any atom is -0.493 e. The molecule has 4 nitrogen and oxygen atoms in total. The highest BCUT2D eigenvalue weighted by Gasteiger charge is 1.94. The first-order valence-corrected chi connectivity index (χ1v) is 3.11. The summed E-state index contributed by atoms with van der Waals surface area (Å²) in [6.07, 6.45) is 1.39. The third-order valence-electron chi connectivity index (χ3n) is 1.07. The average molecular weight is 152 g/mol. The zero-order valence-electron chi connectivity index (χ0n) is 6.03. The molecule has 1 aromatic rings. The number of pyridine rings is 1. The molecule has 0 bridgehead atoms. The van der Waals surface area contributed by atoms with E-state index in [9.17, 15) is 4.79 Å². The number of amides is 1. The Labute approximate surface area is 63.9 Å². The van der Waals surface area contributed by atoms with Crippen molar-refractivity contribution in [2.75, 3.05) is 5.32 Å². The lowest BCUT2D eigenvalue weighted by Crippen LogP contribution is -2.05. The summed E-state index contributed by atoms with van der Waals surface area (Å²) in [7, 11) is 0. The molecule has 0 saturated heterocycles. The molecule has 0 aliphatic carbocycles. The largest absolute Gasteiger partial charge is 0.493 e. The van der Waals surface area contributed by atoms with Crippen LogP contribution in [0.15, 0.2) is 18.3 Å². The van der Waals surface area contributed by atoms with E-state index in [4.69, 9.17) is 5.11 Å². The van der Waals surface area contributed by atoms with Crippen LogP contribution in [0.25, 0.3) is 0 Å². The Bertz CT molecular complexity index is 256. The summed E-state index contributed by atoms with van der Waals surface area (Å²) in [5.41, 5.74) is 0.579. The van der Waals surface area contributed by atoms with E-state index >= 15 is 0 Å². The van der Waals surface area contributed by atoms with Crippen LogP contribution in [-0.2, 0) is 4.79 Å². The Morgan fingerprint density at radius 3 is 2.82 bits per heavy atom. The van der Waals surface area contributed by atoms with E-state index < -0.39 is 0 Å². The fourth-order valence-corrected chi connectivity index (χ4v) is 0.663. The molecule has 0 saturated carbocycles. The van der Waals surface area contributed by atoms with Gasteiger partial charge >= 0.3 is 0 Å². The van der Waals surface area contributed by atoms with Gasteiger partial charge in [-0.1, -0.05) is 0 Å². The summed E-state index contributed by atoms with van der Waals surface area (Å²) < 4.78 is 0. The van der Waals surface area contributed by atoms with Crippen LogP contribution in [0.5, 0.6) is 5.88 Å². The average Bonchev–Trinajstić information content (AvgIpc) is 1.93. The van der Waals surface area contributed by atoms with E-state index in [-0.39, 0.29) is 11.8 Å². The van der Waals surface area contributed by atoms with Gasteiger partial charge < -0.3 is 10.4 Å².